The molecule has 2 rings (SSSR count). The fraction of sp³-hybridized carbons (Fsp3) is 0.556. The number of nitrogens with zero attached hydrogens (tertiary/aromatic N) is 3. The van der Waals surface area contributed by atoms with Crippen LogP contribution in [-0.2, 0) is 13.1 Å². The summed E-state index contributed by atoms with van der Waals surface area (Å²) in [6.45, 7) is 5.97. The maximum Gasteiger partial charge on any atom is 0.0816 e. The molecule has 1 aromatic heterocycles. The van der Waals surface area contributed by atoms with Gasteiger partial charge < -0.3 is 0 Å². The molecule has 1 aromatic rings. The van der Waals surface area contributed by atoms with Gasteiger partial charge in [0.25, 0.3) is 0 Å². The Labute approximate surface area is 73.4 Å². The highest BCUT2D eigenvalue weighted by atomic mass is 15.2. The van der Waals surface area contributed by atoms with Crippen molar-refractivity contribution in [3.05, 3.63) is 23.5 Å². The molecule has 0 bridgehead atoms. The first-order valence-electron chi connectivity index (χ1n) is 4.34. The summed E-state index contributed by atoms with van der Waals surface area (Å²) in [4.78, 5) is 2.22. The minimum atomic E-state index is 0.948. The topological polar surface area (TPSA) is 29.0 Å². The lowest BCUT2D eigenvalue weighted by atomic mass is 10.3. The van der Waals surface area contributed by atoms with E-state index in [1.54, 1.807) is 6.20 Å². The van der Waals surface area contributed by atoms with E-state index >= 15 is 0 Å². The zero-order chi connectivity index (χ0) is 8.97. The van der Waals surface area contributed by atoms with Gasteiger partial charge in [0.2, 0.25) is 0 Å². The Morgan fingerprint density at radius 1 is 1.33 bits per heavy atom. The van der Waals surface area contributed by atoms with Crippen molar-refractivity contribution in [3.8, 4) is 0 Å². The van der Waals surface area contributed by atoms with E-state index in [1.807, 2.05) is 19.9 Å². The van der Waals surface area contributed by atoms with Crippen LogP contribution in [0.5, 0.6) is 0 Å². The molecule has 0 unspecified atom stereocenters. The number of rotatable bonds is 0. The standard InChI is InChI=1S/C7H9N3.C2H6/c1-10-4-6-2-3-8-9-7(6)5-10;1-2/h2-3H,4-5H2,1H3;1-2H3. The lowest BCUT2D eigenvalue weighted by Crippen LogP contribution is -2.07. The maximum atomic E-state index is 4.02. The van der Waals surface area contributed by atoms with Gasteiger partial charge >= 0.3 is 0 Å². The van der Waals surface area contributed by atoms with Crippen molar-refractivity contribution in [1.82, 2.24) is 15.1 Å². The molecule has 3 heteroatoms. The molecule has 66 valence electrons. The molecule has 3 nitrogen and oxygen atoms in total. The molecule has 0 saturated carbocycles. The second-order valence-corrected chi connectivity index (χ2v) is 2.68. The first-order chi connectivity index (χ1) is 5.86. The first-order valence-corrected chi connectivity index (χ1v) is 4.34. The van der Waals surface area contributed by atoms with E-state index < -0.39 is 0 Å². The van der Waals surface area contributed by atoms with Crippen molar-refractivity contribution in [3.63, 3.8) is 0 Å². The van der Waals surface area contributed by atoms with Gasteiger partial charge in [-0.25, -0.2) is 0 Å². The van der Waals surface area contributed by atoms with Crippen LogP contribution >= 0.6 is 0 Å². The Hall–Kier alpha value is -0.960. The quantitative estimate of drug-likeness (QED) is 0.582. The van der Waals surface area contributed by atoms with Crippen molar-refractivity contribution >= 4 is 0 Å². The molecule has 0 amide bonds. The van der Waals surface area contributed by atoms with E-state index in [1.165, 1.54) is 5.56 Å². The predicted molar refractivity (Wildman–Crippen MR) is 48.6 cm³/mol. The van der Waals surface area contributed by atoms with Gasteiger partial charge in [0.05, 0.1) is 5.69 Å². The van der Waals surface area contributed by atoms with Gasteiger partial charge in [-0.05, 0) is 18.7 Å². The summed E-state index contributed by atoms with van der Waals surface area (Å²) < 4.78 is 0. The average molecular weight is 165 g/mol. The molecule has 0 radical (unpaired) electrons. The SMILES string of the molecule is CC.CN1Cc2ccnnc2C1. The predicted octanol–water partition coefficient (Wildman–Crippen LogP) is 1.45. The third-order valence-electron chi connectivity index (χ3n) is 1.75. The van der Waals surface area contributed by atoms with Crippen LogP contribution in [0.15, 0.2) is 12.3 Å². The lowest BCUT2D eigenvalue weighted by molar-refractivity contribution is 0.350. The Kier molecular flexibility index (Phi) is 3.17. The van der Waals surface area contributed by atoms with Crippen LogP contribution in [0, 0.1) is 0 Å². The third kappa shape index (κ3) is 1.80. The summed E-state index contributed by atoms with van der Waals surface area (Å²) in [6, 6.07) is 2.03. The highest BCUT2D eigenvalue weighted by Gasteiger charge is 2.15. The largest absolute Gasteiger partial charge is 0.296 e. The van der Waals surface area contributed by atoms with Crippen molar-refractivity contribution in [2.75, 3.05) is 7.05 Å². The summed E-state index contributed by atoms with van der Waals surface area (Å²) in [7, 11) is 2.08. The molecule has 0 aromatic carbocycles. The molecular formula is C9H15N3. The monoisotopic (exact) mass is 165 g/mol. The van der Waals surface area contributed by atoms with Crippen molar-refractivity contribution in [1.29, 1.82) is 0 Å². The van der Waals surface area contributed by atoms with Gasteiger partial charge in [-0.2, -0.15) is 10.2 Å². The van der Waals surface area contributed by atoms with Crippen LogP contribution in [-0.4, -0.2) is 22.1 Å². The van der Waals surface area contributed by atoms with Gasteiger partial charge in [0, 0.05) is 19.3 Å². The maximum absolute atomic E-state index is 4.02. The molecule has 2 heterocycles. The van der Waals surface area contributed by atoms with E-state index in [-0.39, 0.29) is 0 Å². The van der Waals surface area contributed by atoms with E-state index in [9.17, 15) is 0 Å². The molecule has 0 atom stereocenters. The molecular weight excluding hydrogens is 150 g/mol. The van der Waals surface area contributed by atoms with E-state index in [0.29, 0.717) is 0 Å². The minimum absolute atomic E-state index is 0.948. The molecule has 1 aliphatic heterocycles. The molecule has 1 aliphatic rings. The molecule has 0 saturated heterocycles. The summed E-state index contributed by atoms with van der Waals surface area (Å²) in [5.74, 6) is 0. The van der Waals surface area contributed by atoms with E-state index in [2.05, 4.69) is 22.1 Å². The second-order valence-electron chi connectivity index (χ2n) is 2.68. The summed E-state index contributed by atoms with van der Waals surface area (Å²) >= 11 is 0. The van der Waals surface area contributed by atoms with Crippen molar-refractivity contribution in [2.24, 2.45) is 0 Å². The number of fused-ring (bicyclic) bond motifs is 1. The van der Waals surface area contributed by atoms with Gasteiger partial charge in [-0.15, -0.1) is 0 Å². The summed E-state index contributed by atoms with van der Waals surface area (Å²) in [6.07, 6.45) is 1.75. The average Bonchev–Trinajstić information content (AvgIpc) is 2.48. The highest BCUT2D eigenvalue weighted by Crippen LogP contribution is 2.16. The van der Waals surface area contributed by atoms with Crippen LogP contribution in [0.3, 0.4) is 0 Å². The van der Waals surface area contributed by atoms with Crippen LogP contribution in [0.25, 0.3) is 0 Å². The van der Waals surface area contributed by atoms with E-state index in [0.717, 1.165) is 18.8 Å². The molecule has 0 aliphatic carbocycles. The van der Waals surface area contributed by atoms with Gasteiger partial charge in [0.1, 0.15) is 0 Å². The number of hydrogen-bond acceptors (Lipinski definition) is 3. The fourth-order valence-electron chi connectivity index (χ4n) is 1.27. The van der Waals surface area contributed by atoms with Crippen LogP contribution < -0.4 is 0 Å². The third-order valence-corrected chi connectivity index (χ3v) is 1.75. The Balaban J connectivity index is 0.000000336. The molecule has 0 fully saturated rings. The zero-order valence-corrected chi connectivity index (χ0v) is 7.91. The van der Waals surface area contributed by atoms with Gasteiger partial charge in [-0.1, -0.05) is 13.8 Å². The summed E-state index contributed by atoms with van der Waals surface area (Å²) in [5, 5.41) is 7.83. The van der Waals surface area contributed by atoms with Crippen molar-refractivity contribution < 1.29 is 0 Å². The summed E-state index contributed by atoms with van der Waals surface area (Å²) in [5.41, 5.74) is 2.45. The normalized spacial score (nSPS) is 14.9. The molecule has 0 spiro atoms. The van der Waals surface area contributed by atoms with Crippen LogP contribution in [0.4, 0.5) is 0 Å². The van der Waals surface area contributed by atoms with Crippen LogP contribution in [0.1, 0.15) is 25.1 Å². The van der Waals surface area contributed by atoms with Gasteiger partial charge in [0.15, 0.2) is 0 Å². The van der Waals surface area contributed by atoms with E-state index in [4.69, 9.17) is 0 Å². The number of hydrogen-bond donors (Lipinski definition) is 0. The van der Waals surface area contributed by atoms with Crippen molar-refractivity contribution in [2.45, 2.75) is 26.9 Å². The lowest BCUT2D eigenvalue weighted by Gasteiger charge is -2.01. The fourth-order valence-corrected chi connectivity index (χ4v) is 1.27. The Morgan fingerprint density at radius 2 is 2.08 bits per heavy atom. The molecule has 12 heavy (non-hydrogen) atoms. The van der Waals surface area contributed by atoms with Crippen LogP contribution in [0.2, 0.25) is 0 Å². The Bertz CT molecular complexity index is 222. The second kappa shape index (κ2) is 4.16. The minimum Gasteiger partial charge on any atom is -0.296 e. The zero-order valence-electron chi connectivity index (χ0n) is 7.91. The van der Waals surface area contributed by atoms with Gasteiger partial charge in [-0.3, -0.25) is 4.90 Å². The number of aromatic nitrogens is 2. The smallest absolute Gasteiger partial charge is 0.0816 e. The highest BCUT2D eigenvalue weighted by molar-refractivity contribution is 5.20. The Morgan fingerprint density at radius 3 is 2.75 bits per heavy atom. The first kappa shape index (κ1) is 9.13. The molecule has 0 N–H and O–H groups in total.